The zero-order chi connectivity index (χ0) is 19.2. The summed E-state index contributed by atoms with van der Waals surface area (Å²) in [6.07, 6.45) is 2.39. The van der Waals surface area contributed by atoms with Gasteiger partial charge in [0.05, 0.1) is 39.0 Å². The van der Waals surface area contributed by atoms with Gasteiger partial charge in [0.15, 0.2) is 9.84 Å². The van der Waals surface area contributed by atoms with Crippen molar-refractivity contribution in [3.05, 3.63) is 46.2 Å². The smallest absolute Gasteiger partial charge is 0.152 e. The second-order valence-electron chi connectivity index (χ2n) is 6.74. The molecule has 0 saturated carbocycles. The molecular formula is C19H18N4O2S2. The molecule has 1 saturated heterocycles. The molecule has 3 heterocycles. The van der Waals surface area contributed by atoms with Crippen LogP contribution in [0.5, 0.6) is 0 Å². The fourth-order valence-corrected chi connectivity index (χ4v) is 6.11. The molecule has 0 amide bonds. The molecule has 0 spiro atoms. The van der Waals surface area contributed by atoms with E-state index in [4.69, 9.17) is 0 Å². The number of rotatable bonds is 3. The van der Waals surface area contributed by atoms with Crippen LogP contribution in [0.4, 0.5) is 0 Å². The van der Waals surface area contributed by atoms with E-state index in [1.807, 2.05) is 44.2 Å². The molecule has 6 nitrogen and oxygen atoms in total. The topological polar surface area (TPSA) is 88.6 Å². The number of aryl methyl sites for hydroxylation is 1. The van der Waals surface area contributed by atoms with Crippen molar-refractivity contribution < 1.29 is 8.42 Å². The van der Waals surface area contributed by atoms with Gasteiger partial charge in [0.25, 0.3) is 0 Å². The summed E-state index contributed by atoms with van der Waals surface area (Å²) < 4.78 is 26.5. The third-order valence-electron chi connectivity index (χ3n) is 4.87. The Morgan fingerprint density at radius 3 is 2.81 bits per heavy atom. The predicted octanol–water partition coefficient (Wildman–Crippen LogP) is 3.53. The first kappa shape index (κ1) is 17.9. The van der Waals surface area contributed by atoms with Crippen molar-refractivity contribution >= 4 is 43.0 Å². The summed E-state index contributed by atoms with van der Waals surface area (Å²) in [6, 6.07) is 9.91. The van der Waals surface area contributed by atoms with E-state index in [-0.39, 0.29) is 17.5 Å². The standard InChI is InChI=1S/C19H18N4O2S2/c1-12-16(13(2)23(22-12)15-7-8-27(24,25)11-15)9-14(10-20)19-21-17-5-3-4-6-18(17)26-19/h3-6,9,15H,7-8,11H2,1-2H3/b14-9+/t15-/m0/s1. The Labute approximate surface area is 161 Å². The quantitative estimate of drug-likeness (QED) is 0.630. The van der Waals surface area contributed by atoms with Gasteiger partial charge in [0.1, 0.15) is 11.1 Å². The van der Waals surface area contributed by atoms with Gasteiger partial charge in [-0.3, -0.25) is 4.68 Å². The summed E-state index contributed by atoms with van der Waals surface area (Å²) in [5.74, 6) is 0.331. The van der Waals surface area contributed by atoms with Crippen LogP contribution in [-0.2, 0) is 9.84 Å². The van der Waals surface area contributed by atoms with E-state index in [9.17, 15) is 13.7 Å². The monoisotopic (exact) mass is 398 g/mol. The van der Waals surface area contributed by atoms with Gasteiger partial charge in [0.2, 0.25) is 0 Å². The van der Waals surface area contributed by atoms with E-state index in [1.54, 1.807) is 4.68 Å². The zero-order valence-electron chi connectivity index (χ0n) is 15.0. The van der Waals surface area contributed by atoms with Gasteiger partial charge in [-0.05, 0) is 38.5 Å². The molecule has 1 atom stereocenters. The maximum absolute atomic E-state index is 11.8. The number of para-hydroxylation sites is 1. The van der Waals surface area contributed by atoms with Crippen LogP contribution >= 0.6 is 11.3 Å². The Hall–Kier alpha value is -2.50. The normalized spacial score (nSPS) is 19.4. The van der Waals surface area contributed by atoms with Gasteiger partial charge in [-0.1, -0.05) is 12.1 Å². The maximum Gasteiger partial charge on any atom is 0.152 e. The highest BCUT2D eigenvalue weighted by molar-refractivity contribution is 7.91. The number of hydrogen-bond donors (Lipinski definition) is 0. The average Bonchev–Trinajstić information content (AvgIpc) is 3.29. The number of nitriles is 1. The summed E-state index contributed by atoms with van der Waals surface area (Å²) in [7, 11) is -2.99. The second-order valence-corrected chi connectivity index (χ2v) is 10.0. The molecule has 0 aliphatic carbocycles. The van der Waals surface area contributed by atoms with Crippen molar-refractivity contribution in [2.24, 2.45) is 0 Å². The minimum Gasteiger partial charge on any atom is -0.265 e. The summed E-state index contributed by atoms with van der Waals surface area (Å²) >= 11 is 1.48. The first-order chi connectivity index (χ1) is 12.9. The molecule has 4 rings (SSSR count). The van der Waals surface area contributed by atoms with Gasteiger partial charge < -0.3 is 0 Å². The minimum atomic E-state index is -2.99. The molecular weight excluding hydrogens is 380 g/mol. The number of thiazole rings is 1. The number of fused-ring (bicyclic) bond motifs is 1. The van der Waals surface area contributed by atoms with Gasteiger partial charge in [-0.15, -0.1) is 11.3 Å². The Morgan fingerprint density at radius 1 is 1.37 bits per heavy atom. The predicted molar refractivity (Wildman–Crippen MR) is 107 cm³/mol. The van der Waals surface area contributed by atoms with E-state index in [0.29, 0.717) is 17.0 Å². The lowest BCUT2D eigenvalue weighted by Gasteiger charge is -2.11. The Kier molecular flexibility index (Phi) is 4.36. The molecule has 138 valence electrons. The summed E-state index contributed by atoms with van der Waals surface area (Å²) in [5, 5.41) is 14.9. The summed E-state index contributed by atoms with van der Waals surface area (Å²) in [6.45, 7) is 3.80. The van der Waals surface area contributed by atoms with Crippen molar-refractivity contribution in [2.75, 3.05) is 11.5 Å². The van der Waals surface area contributed by atoms with E-state index in [0.717, 1.165) is 27.2 Å². The number of aromatic nitrogens is 3. The van der Waals surface area contributed by atoms with Crippen LogP contribution in [0.15, 0.2) is 24.3 Å². The fourth-order valence-electron chi connectivity index (χ4n) is 3.48. The molecule has 1 aliphatic rings. The van der Waals surface area contributed by atoms with Crippen molar-refractivity contribution in [3.8, 4) is 6.07 Å². The lowest BCUT2D eigenvalue weighted by atomic mass is 10.1. The van der Waals surface area contributed by atoms with Crippen molar-refractivity contribution in [1.29, 1.82) is 5.26 Å². The van der Waals surface area contributed by atoms with Crippen LogP contribution in [0.25, 0.3) is 21.9 Å². The van der Waals surface area contributed by atoms with Crippen LogP contribution in [0.1, 0.15) is 34.4 Å². The first-order valence-corrected chi connectivity index (χ1v) is 11.3. The zero-order valence-corrected chi connectivity index (χ0v) is 16.6. The van der Waals surface area contributed by atoms with Crippen LogP contribution in [-0.4, -0.2) is 34.7 Å². The average molecular weight is 399 g/mol. The van der Waals surface area contributed by atoms with Crippen molar-refractivity contribution in [2.45, 2.75) is 26.3 Å². The highest BCUT2D eigenvalue weighted by atomic mass is 32.2. The molecule has 0 radical (unpaired) electrons. The highest BCUT2D eigenvalue weighted by Gasteiger charge is 2.31. The lowest BCUT2D eigenvalue weighted by Crippen LogP contribution is -2.13. The Bertz CT molecular complexity index is 1180. The molecule has 1 aromatic carbocycles. The molecule has 0 bridgehead atoms. The molecule has 27 heavy (non-hydrogen) atoms. The highest BCUT2D eigenvalue weighted by Crippen LogP contribution is 2.31. The van der Waals surface area contributed by atoms with Crippen molar-refractivity contribution in [3.63, 3.8) is 0 Å². The van der Waals surface area contributed by atoms with Gasteiger partial charge in [0, 0.05) is 11.3 Å². The summed E-state index contributed by atoms with van der Waals surface area (Å²) in [5.41, 5.74) is 3.88. The third-order valence-corrected chi connectivity index (χ3v) is 7.69. The molecule has 8 heteroatoms. The number of allylic oxidation sites excluding steroid dienone is 1. The van der Waals surface area contributed by atoms with Gasteiger partial charge in [-0.25, -0.2) is 13.4 Å². The molecule has 2 aromatic heterocycles. The SMILES string of the molecule is Cc1nn([C@H]2CCS(=O)(=O)C2)c(C)c1/C=C(\C#N)c1nc2ccccc2s1. The summed E-state index contributed by atoms with van der Waals surface area (Å²) in [4.78, 5) is 4.56. The number of benzene rings is 1. The molecule has 1 aliphatic heterocycles. The largest absolute Gasteiger partial charge is 0.265 e. The lowest BCUT2D eigenvalue weighted by molar-refractivity contribution is 0.486. The molecule has 0 unspecified atom stereocenters. The van der Waals surface area contributed by atoms with Gasteiger partial charge in [-0.2, -0.15) is 10.4 Å². The maximum atomic E-state index is 11.8. The first-order valence-electron chi connectivity index (χ1n) is 8.62. The minimum absolute atomic E-state index is 0.126. The van der Waals surface area contributed by atoms with Crippen LogP contribution in [0, 0.1) is 25.2 Å². The van der Waals surface area contributed by atoms with Crippen LogP contribution in [0.3, 0.4) is 0 Å². The van der Waals surface area contributed by atoms with Crippen LogP contribution in [0.2, 0.25) is 0 Å². The van der Waals surface area contributed by atoms with E-state index < -0.39 is 9.84 Å². The Balaban J connectivity index is 1.75. The number of hydrogen-bond acceptors (Lipinski definition) is 6. The number of sulfone groups is 1. The van der Waals surface area contributed by atoms with Crippen LogP contribution < -0.4 is 0 Å². The van der Waals surface area contributed by atoms with E-state index in [1.165, 1.54) is 11.3 Å². The molecule has 0 N–H and O–H groups in total. The fraction of sp³-hybridized carbons (Fsp3) is 0.316. The van der Waals surface area contributed by atoms with Crippen molar-refractivity contribution in [1.82, 2.24) is 14.8 Å². The Morgan fingerprint density at radius 2 is 2.15 bits per heavy atom. The molecule has 1 fully saturated rings. The third kappa shape index (κ3) is 3.29. The van der Waals surface area contributed by atoms with Gasteiger partial charge >= 0.3 is 0 Å². The molecule has 3 aromatic rings. The second kappa shape index (κ2) is 6.59. The van der Waals surface area contributed by atoms with E-state index in [2.05, 4.69) is 16.2 Å². The number of nitrogens with zero attached hydrogens (tertiary/aromatic N) is 4. The van der Waals surface area contributed by atoms with E-state index >= 15 is 0 Å².